The van der Waals surface area contributed by atoms with Gasteiger partial charge in [-0.1, -0.05) is 12.1 Å². The molecule has 2 aromatic heterocycles. The number of benzene rings is 2. The predicted molar refractivity (Wildman–Crippen MR) is 90.8 cm³/mol. The number of rotatable bonds is 3. The molecule has 0 saturated carbocycles. The Morgan fingerprint density at radius 3 is 2.62 bits per heavy atom. The molecule has 0 atom stereocenters. The fraction of sp³-hybridized carbons (Fsp3) is 0.167. The molecule has 0 amide bonds. The number of aromatic nitrogens is 4. The van der Waals surface area contributed by atoms with Gasteiger partial charge in [-0.2, -0.15) is 0 Å². The number of nitrogens with zero attached hydrogens (tertiary/aromatic N) is 4. The van der Waals surface area contributed by atoms with E-state index >= 15 is 0 Å². The maximum Gasteiger partial charge on any atom is 0.266 e. The van der Waals surface area contributed by atoms with Gasteiger partial charge in [-0.15, -0.1) is 10.2 Å². The standard InChI is InChI=1S/C18H16N4O2/c1-11-7-8-15-16(9-11)22-12(2)20-21-17(22)18(19-15)24-14-6-4-5-13(10-14)23-3/h4-10H,1-3H3. The van der Waals surface area contributed by atoms with Gasteiger partial charge in [0.15, 0.2) is 0 Å². The molecule has 0 unspecified atom stereocenters. The molecule has 2 heterocycles. The van der Waals surface area contributed by atoms with E-state index in [0.29, 0.717) is 17.3 Å². The highest BCUT2D eigenvalue weighted by Gasteiger charge is 2.15. The zero-order valence-electron chi connectivity index (χ0n) is 13.6. The molecule has 6 nitrogen and oxygen atoms in total. The van der Waals surface area contributed by atoms with Crippen LogP contribution in [0.25, 0.3) is 16.7 Å². The van der Waals surface area contributed by atoms with E-state index in [2.05, 4.69) is 21.2 Å². The summed E-state index contributed by atoms with van der Waals surface area (Å²) < 4.78 is 13.2. The normalized spacial score (nSPS) is 11.1. The van der Waals surface area contributed by atoms with Crippen molar-refractivity contribution in [1.82, 2.24) is 19.6 Å². The monoisotopic (exact) mass is 320 g/mol. The molecule has 0 saturated heterocycles. The van der Waals surface area contributed by atoms with Gasteiger partial charge in [-0.25, -0.2) is 4.98 Å². The molecule has 4 aromatic rings. The van der Waals surface area contributed by atoms with Crippen LogP contribution in [0.4, 0.5) is 0 Å². The van der Waals surface area contributed by atoms with Crippen molar-refractivity contribution in [3.05, 3.63) is 53.9 Å². The molecule has 24 heavy (non-hydrogen) atoms. The SMILES string of the molecule is COc1cccc(Oc2nc3ccc(C)cc3n3c(C)nnc23)c1. The molecular weight excluding hydrogens is 304 g/mol. The molecule has 0 N–H and O–H groups in total. The molecule has 0 aliphatic carbocycles. The van der Waals surface area contributed by atoms with Crippen LogP contribution in [0.2, 0.25) is 0 Å². The van der Waals surface area contributed by atoms with Gasteiger partial charge >= 0.3 is 0 Å². The van der Waals surface area contributed by atoms with Crippen molar-refractivity contribution >= 4 is 16.7 Å². The number of aryl methyl sites for hydroxylation is 2. The highest BCUT2D eigenvalue weighted by Crippen LogP contribution is 2.29. The van der Waals surface area contributed by atoms with Crippen molar-refractivity contribution in [2.24, 2.45) is 0 Å². The van der Waals surface area contributed by atoms with Gasteiger partial charge in [0.05, 0.1) is 18.1 Å². The lowest BCUT2D eigenvalue weighted by Crippen LogP contribution is -1.98. The van der Waals surface area contributed by atoms with Crippen molar-refractivity contribution in [3.63, 3.8) is 0 Å². The minimum Gasteiger partial charge on any atom is -0.497 e. The van der Waals surface area contributed by atoms with Crippen LogP contribution < -0.4 is 9.47 Å². The summed E-state index contributed by atoms with van der Waals surface area (Å²) in [5.41, 5.74) is 3.54. The van der Waals surface area contributed by atoms with Crippen LogP contribution in [0.3, 0.4) is 0 Å². The van der Waals surface area contributed by atoms with Gasteiger partial charge in [0.2, 0.25) is 5.65 Å². The third kappa shape index (κ3) is 2.32. The molecule has 0 radical (unpaired) electrons. The molecule has 6 heteroatoms. The topological polar surface area (TPSA) is 61.5 Å². The summed E-state index contributed by atoms with van der Waals surface area (Å²) >= 11 is 0. The Hall–Kier alpha value is -3.15. The lowest BCUT2D eigenvalue weighted by atomic mass is 10.2. The number of hydrogen-bond donors (Lipinski definition) is 0. The van der Waals surface area contributed by atoms with Crippen LogP contribution in [0.1, 0.15) is 11.4 Å². The average molecular weight is 320 g/mol. The molecule has 2 aromatic carbocycles. The summed E-state index contributed by atoms with van der Waals surface area (Å²) in [4.78, 5) is 4.62. The Kier molecular flexibility index (Phi) is 3.30. The Labute approximate surface area is 138 Å². The van der Waals surface area contributed by atoms with Crippen molar-refractivity contribution in [2.45, 2.75) is 13.8 Å². The predicted octanol–water partition coefficient (Wildman–Crippen LogP) is 3.70. The van der Waals surface area contributed by atoms with Gasteiger partial charge in [0, 0.05) is 6.07 Å². The lowest BCUT2D eigenvalue weighted by molar-refractivity contribution is 0.408. The first-order chi connectivity index (χ1) is 11.7. The highest BCUT2D eigenvalue weighted by atomic mass is 16.5. The van der Waals surface area contributed by atoms with E-state index in [1.54, 1.807) is 13.2 Å². The largest absolute Gasteiger partial charge is 0.497 e. The third-order valence-electron chi connectivity index (χ3n) is 3.87. The number of methoxy groups -OCH3 is 1. The molecule has 0 spiro atoms. The fourth-order valence-corrected chi connectivity index (χ4v) is 2.70. The van der Waals surface area contributed by atoms with Crippen LogP contribution in [-0.2, 0) is 0 Å². The maximum atomic E-state index is 5.97. The van der Waals surface area contributed by atoms with Crippen molar-refractivity contribution < 1.29 is 9.47 Å². The van der Waals surface area contributed by atoms with E-state index < -0.39 is 0 Å². The molecule has 0 bridgehead atoms. The summed E-state index contributed by atoms with van der Waals surface area (Å²) in [6, 6.07) is 13.5. The molecule has 4 rings (SSSR count). The third-order valence-corrected chi connectivity index (χ3v) is 3.87. The van der Waals surface area contributed by atoms with E-state index in [1.165, 1.54) is 0 Å². The zero-order valence-corrected chi connectivity index (χ0v) is 13.6. The first kappa shape index (κ1) is 14.4. The minimum absolute atomic E-state index is 0.417. The summed E-state index contributed by atoms with van der Waals surface area (Å²) in [7, 11) is 1.62. The van der Waals surface area contributed by atoms with Gasteiger partial charge in [-0.05, 0) is 43.7 Å². The first-order valence-electron chi connectivity index (χ1n) is 7.60. The molecule has 120 valence electrons. The van der Waals surface area contributed by atoms with Gasteiger partial charge in [-0.3, -0.25) is 4.40 Å². The second-order valence-electron chi connectivity index (χ2n) is 5.60. The summed E-state index contributed by atoms with van der Waals surface area (Å²) in [5, 5.41) is 8.41. The van der Waals surface area contributed by atoms with Gasteiger partial charge < -0.3 is 9.47 Å². The quantitative estimate of drug-likeness (QED) is 0.576. The van der Waals surface area contributed by atoms with Crippen LogP contribution in [0, 0.1) is 13.8 Å². The fourth-order valence-electron chi connectivity index (χ4n) is 2.70. The summed E-state index contributed by atoms with van der Waals surface area (Å²) in [6.45, 7) is 3.96. The first-order valence-corrected chi connectivity index (χ1v) is 7.60. The van der Waals surface area contributed by atoms with E-state index in [-0.39, 0.29) is 0 Å². The molecule has 0 fully saturated rings. The summed E-state index contributed by atoms with van der Waals surface area (Å²) in [5.74, 6) is 2.56. The Bertz CT molecular complexity index is 1060. The lowest BCUT2D eigenvalue weighted by Gasteiger charge is -2.10. The van der Waals surface area contributed by atoms with Crippen LogP contribution >= 0.6 is 0 Å². The van der Waals surface area contributed by atoms with Crippen LogP contribution in [0.5, 0.6) is 17.4 Å². The Balaban J connectivity index is 1.92. The van der Waals surface area contributed by atoms with Crippen molar-refractivity contribution in [2.75, 3.05) is 7.11 Å². The van der Waals surface area contributed by atoms with Gasteiger partial charge in [0.1, 0.15) is 17.3 Å². The van der Waals surface area contributed by atoms with E-state index in [9.17, 15) is 0 Å². The van der Waals surface area contributed by atoms with Crippen molar-refractivity contribution in [3.8, 4) is 17.4 Å². The smallest absolute Gasteiger partial charge is 0.266 e. The van der Waals surface area contributed by atoms with Crippen LogP contribution in [0.15, 0.2) is 42.5 Å². The Morgan fingerprint density at radius 2 is 1.79 bits per heavy atom. The van der Waals surface area contributed by atoms with E-state index in [0.717, 1.165) is 28.2 Å². The number of ether oxygens (including phenoxy) is 2. The Morgan fingerprint density at radius 1 is 0.958 bits per heavy atom. The van der Waals surface area contributed by atoms with E-state index in [4.69, 9.17) is 9.47 Å². The van der Waals surface area contributed by atoms with Crippen LogP contribution in [-0.4, -0.2) is 26.7 Å². The minimum atomic E-state index is 0.417. The second kappa shape index (κ2) is 5.49. The highest BCUT2D eigenvalue weighted by molar-refractivity contribution is 5.80. The number of hydrogen-bond acceptors (Lipinski definition) is 5. The second-order valence-corrected chi connectivity index (χ2v) is 5.60. The maximum absolute atomic E-state index is 5.97. The molecular formula is C18H16N4O2. The number of fused-ring (bicyclic) bond motifs is 3. The summed E-state index contributed by atoms with van der Waals surface area (Å²) in [6.07, 6.45) is 0. The van der Waals surface area contributed by atoms with Crippen molar-refractivity contribution in [1.29, 1.82) is 0 Å². The zero-order chi connectivity index (χ0) is 16.7. The molecule has 0 aliphatic heterocycles. The van der Waals surface area contributed by atoms with E-state index in [1.807, 2.05) is 48.6 Å². The van der Waals surface area contributed by atoms with Gasteiger partial charge in [0.25, 0.3) is 5.88 Å². The molecule has 0 aliphatic rings. The average Bonchev–Trinajstić information content (AvgIpc) is 2.98.